The quantitative estimate of drug-likeness (QED) is 0.764. The Morgan fingerprint density at radius 2 is 2.18 bits per heavy atom. The molecule has 0 fully saturated rings. The second-order valence-corrected chi connectivity index (χ2v) is 3.64. The highest BCUT2D eigenvalue weighted by molar-refractivity contribution is 6.68. The molecule has 0 saturated carbocycles. The second-order valence-electron chi connectivity index (χ2n) is 3.29. The highest BCUT2D eigenvalue weighted by atomic mass is 35.5. The number of ether oxygens (including phenoxy) is 1. The Morgan fingerprint density at radius 1 is 1.41 bits per heavy atom. The highest BCUT2D eigenvalue weighted by Crippen LogP contribution is 2.27. The summed E-state index contributed by atoms with van der Waals surface area (Å²) >= 11 is 5.48. The lowest BCUT2D eigenvalue weighted by Gasteiger charge is -2.07. The summed E-state index contributed by atoms with van der Waals surface area (Å²) in [7, 11) is 1.50. The zero-order chi connectivity index (χ0) is 12.4. The third-order valence-corrected chi connectivity index (χ3v) is 2.57. The summed E-state index contributed by atoms with van der Waals surface area (Å²) in [6, 6.07) is 8.28. The number of rotatable bonds is 2. The van der Waals surface area contributed by atoms with Gasteiger partial charge in [-0.05, 0) is 35.9 Å². The number of carbonyl (C=O) groups excluding carboxylic acids is 1. The van der Waals surface area contributed by atoms with Crippen molar-refractivity contribution in [3.8, 4) is 11.8 Å². The minimum atomic E-state index is -0.566. The van der Waals surface area contributed by atoms with Crippen LogP contribution in [0.15, 0.2) is 24.3 Å². The molecule has 0 radical (unpaired) electrons. The maximum Gasteiger partial charge on any atom is 0.253 e. The number of benzene rings is 1. The van der Waals surface area contributed by atoms with Gasteiger partial charge in [0.25, 0.3) is 5.24 Å². The number of fused-ring (bicyclic) bond motifs is 1. The Labute approximate surface area is 102 Å². The van der Waals surface area contributed by atoms with Crippen LogP contribution in [0.3, 0.4) is 0 Å². The van der Waals surface area contributed by atoms with E-state index < -0.39 is 5.24 Å². The van der Waals surface area contributed by atoms with Crippen molar-refractivity contribution in [3.05, 3.63) is 35.5 Å². The number of nitrogens with zero attached hydrogens (tertiary/aromatic N) is 2. The molecule has 1 aromatic heterocycles. The van der Waals surface area contributed by atoms with Crippen LogP contribution >= 0.6 is 11.6 Å². The van der Waals surface area contributed by atoms with Crippen molar-refractivity contribution in [1.29, 1.82) is 5.26 Å². The summed E-state index contributed by atoms with van der Waals surface area (Å²) < 4.78 is 5.14. The number of nitriles is 1. The molecule has 0 unspecified atom stereocenters. The number of aromatic nitrogens is 1. The van der Waals surface area contributed by atoms with Crippen molar-refractivity contribution in [3.63, 3.8) is 0 Å². The Kier molecular flexibility index (Phi) is 2.94. The maximum atomic E-state index is 11.2. The van der Waals surface area contributed by atoms with Crippen LogP contribution in [0.25, 0.3) is 10.9 Å². The van der Waals surface area contributed by atoms with Gasteiger partial charge in [0.1, 0.15) is 23.0 Å². The monoisotopic (exact) mass is 246 g/mol. The van der Waals surface area contributed by atoms with Crippen LogP contribution in [-0.4, -0.2) is 17.3 Å². The molecule has 0 aliphatic heterocycles. The fourth-order valence-electron chi connectivity index (χ4n) is 1.59. The van der Waals surface area contributed by atoms with E-state index >= 15 is 0 Å². The molecule has 5 heteroatoms. The van der Waals surface area contributed by atoms with Crippen molar-refractivity contribution in [2.24, 2.45) is 0 Å². The van der Waals surface area contributed by atoms with Gasteiger partial charge in [0.05, 0.1) is 7.11 Å². The summed E-state index contributed by atoms with van der Waals surface area (Å²) in [6.45, 7) is 0. The first kappa shape index (κ1) is 11.4. The average molecular weight is 247 g/mol. The molecule has 0 bridgehead atoms. The maximum absolute atomic E-state index is 11.2. The molecule has 0 amide bonds. The average Bonchev–Trinajstić information content (AvgIpc) is 2.36. The van der Waals surface area contributed by atoms with Gasteiger partial charge in [0, 0.05) is 10.9 Å². The van der Waals surface area contributed by atoms with Crippen LogP contribution in [0, 0.1) is 11.3 Å². The Bertz CT molecular complexity index is 647. The van der Waals surface area contributed by atoms with Gasteiger partial charge in [-0.1, -0.05) is 0 Å². The van der Waals surface area contributed by atoms with Crippen molar-refractivity contribution in [1.82, 2.24) is 4.98 Å². The first-order valence-electron chi connectivity index (χ1n) is 4.75. The van der Waals surface area contributed by atoms with Crippen molar-refractivity contribution in [2.45, 2.75) is 0 Å². The largest absolute Gasteiger partial charge is 0.494 e. The highest BCUT2D eigenvalue weighted by Gasteiger charge is 2.12. The molecule has 0 atom stereocenters. The lowest BCUT2D eigenvalue weighted by atomic mass is 10.1. The molecule has 1 heterocycles. The van der Waals surface area contributed by atoms with Gasteiger partial charge >= 0.3 is 0 Å². The fraction of sp³-hybridized carbons (Fsp3) is 0.0833. The first-order chi connectivity index (χ1) is 8.17. The van der Waals surface area contributed by atoms with E-state index in [1.54, 1.807) is 18.2 Å². The molecule has 2 aromatic rings. The molecular formula is C12H7ClN2O2. The number of pyridine rings is 1. The number of halogens is 1. The normalized spacial score (nSPS) is 9.94. The third-order valence-electron chi connectivity index (χ3n) is 2.37. The zero-order valence-electron chi connectivity index (χ0n) is 8.90. The van der Waals surface area contributed by atoms with Gasteiger partial charge in [0.15, 0.2) is 0 Å². The summed E-state index contributed by atoms with van der Waals surface area (Å²) in [4.78, 5) is 15.4. The summed E-state index contributed by atoms with van der Waals surface area (Å²) in [6.07, 6.45) is 0. The molecular weight excluding hydrogens is 240 g/mol. The fourth-order valence-corrected chi connectivity index (χ4v) is 1.76. The number of hydrogen-bond acceptors (Lipinski definition) is 4. The standard InChI is InChI=1S/C12H7ClN2O2/c1-17-10-5-4-9(12(13)16)8-3-2-7(6-14)15-11(8)10/h2-5H,1H3. The minimum Gasteiger partial charge on any atom is -0.494 e. The van der Waals surface area contributed by atoms with Crippen molar-refractivity contribution < 1.29 is 9.53 Å². The van der Waals surface area contributed by atoms with E-state index in [2.05, 4.69) is 4.98 Å². The van der Waals surface area contributed by atoms with Crippen LogP contribution in [0.1, 0.15) is 16.1 Å². The predicted octanol–water partition coefficient (Wildman–Crippen LogP) is 2.49. The van der Waals surface area contributed by atoms with Crippen LogP contribution in [0.5, 0.6) is 5.75 Å². The van der Waals surface area contributed by atoms with Crippen LogP contribution < -0.4 is 4.74 Å². The van der Waals surface area contributed by atoms with E-state index in [0.717, 1.165) is 0 Å². The topological polar surface area (TPSA) is 63.0 Å². The second kappa shape index (κ2) is 4.40. The van der Waals surface area contributed by atoms with Gasteiger partial charge in [-0.15, -0.1) is 0 Å². The summed E-state index contributed by atoms with van der Waals surface area (Å²) in [5.74, 6) is 0.499. The molecule has 84 valence electrons. The van der Waals surface area contributed by atoms with E-state index in [4.69, 9.17) is 21.6 Å². The lowest BCUT2D eigenvalue weighted by molar-refractivity contribution is 0.108. The smallest absolute Gasteiger partial charge is 0.253 e. The third kappa shape index (κ3) is 1.93. The Morgan fingerprint density at radius 3 is 2.76 bits per heavy atom. The van der Waals surface area contributed by atoms with E-state index in [1.807, 2.05) is 6.07 Å². The Balaban J connectivity index is 2.85. The molecule has 0 saturated heterocycles. The number of methoxy groups -OCH3 is 1. The van der Waals surface area contributed by atoms with Crippen LogP contribution in [-0.2, 0) is 0 Å². The lowest BCUT2D eigenvalue weighted by Crippen LogP contribution is -1.96. The van der Waals surface area contributed by atoms with Gasteiger partial charge in [-0.2, -0.15) is 5.26 Å². The van der Waals surface area contributed by atoms with Gasteiger partial charge < -0.3 is 4.74 Å². The van der Waals surface area contributed by atoms with E-state index in [0.29, 0.717) is 22.2 Å². The number of hydrogen-bond donors (Lipinski definition) is 0. The first-order valence-corrected chi connectivity index (χ1v) is 5.13. The zero-order valence-corrected chi connectivity index (χ0v) is 9.65. The van der Waals surface area contributed by atoms with Crippen LogP contribution in [0.4, 0.5) is 0 Å². The molecule has 0 aliphatic rings. The molecule has 4 nitrogen and oxygen atoms in total. The van der Waals surface area contributed by atoms with Crippen molar-refractivity contribution >= 4 is 27.7 Å². The van der Waals surface area contributed by atoms with E-state index in [1.165, 1.54) is 13.2 Å². The van der Waals surface area contributed by atoms with Crippen molar-refractivity contribution in [2.75, 3.05) is 7.11 Å². The van der Waals surface area contributed by atoms with Gasteiger partial charge in [-0.3, -0.25) is 4.79 Å². The van der Waals surface area contributed by atoms with Crippen LogP contribution in [0.2, 0.25) is 0 Å². The molecule has 1 aromatic carbocycles. The Hall–Kier alpha value is -2.12. The molecule has 0 spiro atoms. The summed E-state index contributed by atoms with van der Waals surface area (Å²) in [5, 5.41) is 8.80. The molecule has 0 aliphatic carbocycles. The molecule has 2 rings (SSSR count). The summed E-state index contributed by atoms with van der Waals surface area (Å²) in [5.41, 5.74) is 1.06. The molecule has 17 heavy (non-hydrogen) atoms. The predicted molar refractivity (Wildman–Crippen MR) is 63.2 cm³/mol. The minimum absolute atomic E-state index is 0.259. The molecule has 0 N–H and O–H groups in total. The number of carbonyl (C=O) groups is 1. The van der Waals surface area contributed by atoms with E-state index in [9.17, 15) is 4.79 Å². The SMILES string of the molecule is COc1ccc(C(=O)Cl)c2ccc(C#N)nc12. The van der Waals surface area contributed by atoms with Gasteiger partial charge in [-0.25, -0.2) is 4.98 Å². The van der Waals surface area contributed by atoms with Gasteiger partial charge in [0.2, 0.25) is 0 Å². The van der Waals surface area contributed by atoms with E-state index in [-0.39, 0.29) is 5.69 Å².